The van der Waals surface area contributed by atoms with Crippen molar-refractivity contribution in [1.29, 1.82) is 0 Å². The summed E-state index contributed by atoms with van der Waals surface area (Å²) >= 11 is 1.23. The normalized spacial score (nSPS) is 11.5. The lowest BCUT2D eigenvalue weighted by molar-refractivity contribution is -0.151. The van der Waals surface area contributed by atoms with Crippen LogP contribution in [0.4, 0.5) is 13.2 Å². The highest BCUT2D eigenvalue weighted by Gasteiger charge is 2.37. The van der Waals surface area contributed by atoms with E-state index in [0.717, 1.165) is 0 Å². The number of carbonyl (C=O) groups excluding carboxylic acids is 1. The molecule has 48 valence electrons. The summed E-state index contributed by atoms with van der Waals surface area (Å²) < 4.78 is 33.4. The van der Waals surface area contributed by atoms with E-state index in [0.29, 0.717) is 0 Å². The molecule has 8 heavy (non-hydrogen) atoms. The average Bonchev–Trinajstić information content (AvgIpc) is 1.67. The summed E-state index contributed by atoms with van der Waals surface area (Å²) in [5.74, 6) is -3.78. The summed E-state index contributed by atoms with van der Waals surface area (Å²) in [5, 5.41) is 0. The van der Waals surface area contributed by atoms with Crippen molar-refractivity contribution in [3.63, 3.8) is 0 Å². The maximum atomic E-state index is 11.5. The number of alkyl halides is 3. The number of halogens is 4. The second-order valence-corrected chi connectivity index (χ2v) is 1.87. The van der Waals surface area contributed by atoms with Crippen LogP contribution in [-0.2, 0) is 4.79 Å². The number of hydrogen-bond acceptors (Lipinski definition) is 1. The van der Waals surface area contributed by atoms with Crippen molar-refractivity contribution < 1.29 is 18.0 Å². The largest absolute Gasteiger partial charge is 0.371 e. The summed E-state index contributed by atoms with van der Waals surface area (Å²) in [7, 11) is 0. The molecule has 0 saturated heterocycles. The molecule has 0 N–H and O–H groups in total. The Kier molecular flexibility index (Phi) is 2.72. The Balaban J connectivity index is 3.91. The molecular weight excluding hydrogens is 236 g/mol. The Morgan fingerprint density at radius 2 is 2.00 bits per heavy atom. The van der Waals surface area contributed by atoms with Crippen molar-refractivity contribution in [1.82, 2.24) is 0 Å². The highest BCUT2D eigenvalue weighted by Crippen LogP contribution is 2.17. The van der Waals surface area contributed by atoms with Gasteiger partial charge in [0.2, 0.25) is 0 Å². The fourth-order valence-corrected chi connectivity index (χ4v) is 0.352. The minimum atomic E-state index is -3.78. The van der Waals surface area contributed by atoms with Crippen molar-refractivity contribution >= 4 is 28.6 Å². The first-order chi connectivity index (χ1) is 3.50. The van der Waals surface area contributed by atoms with Gasteiger partial charge in [0.05, 0.1) is 4.43 Å². The number of carbonyl (C=O) groups is 1. The Morgan fingerprint density at radius 3 is 2.00 bits per heavy atom. The number of rotatable bonds is 2. The topological polar surface area (TPSA) is 17.1 Å². The maximum Gasteiger partial charge on any atom is 0.371 e. The van der Waals surface area contributed by atoms with E-state index >= 15 is 0 Å². The smallest absolute Gasteiger partial charge is 0.254 e. The Bertz CT molecular complexity index is 103. The molecule has 0 aromatic rings. The molecule has 0 heterocycles. The predicted molar refractivity (Wildman–Crippen MR) is 29.9 cm³/mol. The van der Waals surface area contributed by atoms with Gasteiger partial charge in [-0.05, 0) is 0 Å². The van der Waals surface area contributed by atoms with Gasteiger partial charge in [0.1, 0.15) is 0 Å². The van der Waals surface area contributed by atoms with Crippen molar-refractivity contribution in [2.75, 3.05) is 4.43 Å². The fraction of sp³-hybridized carbons (Fsp3) is 0.667. The molecule has 0 rings (SSSR count). The lowest BCUT2D eigenvalue weighted by Crippen LogP contribution is -2.26. The standard InChI is InChI=1S/C3H2F3IO/c4-2(8)3(5,6)1-7/h1H2. The number of hydrogen-bond donors (Lipinski definition) is 0. The quantitative estimate of drug-likeness (QED) is 0.405. The lowest BCUT2D eigenvalue weighted by Gasteiger charge is -2.02. The van der Waals surface area contributed by atoms with Gasteiger partial charge < -0.3 is 0 Å². The molecule has 1 nitrogen and oxygen atoms in total. The van der Waals surface area contributed by atoms with E-state index in [-0.39, 0.29) is 0 Å². The predicted octanol–water partition coefficient (Wildman–Crippen LogP) is 1.55. The van der Waals surface area contributed by atoms with Crippen LogP contribution in [0.5, 0.6) is 0 Å². The van der Waals surface area contributed by atoms with E-state index in [1.165, 1.54) is 22.6 Å². The second-order valence-electron chi connectivity index (χ2n) is 1.11. The summed E-state index contributed by atoms with van der Waals surface area (Å²) in [6.07, 6.45) is 0. The van der Waals surface area contributed by atoms with E-state index < -0.39 is 16.4 Å². The molecule has 5 heteroatoms. The van der Waals surface area contributed by atoms with Crippen molar-refractivity contribution in [3.05, 3.63) is 0 Å². The van der Waals surface area contributed by atoms with Gasteiger partial charge in [-0.1, -0.05) is 22.6 Å². The molecule has 0 aromatic heterocycles. The second kappa shape index (κ2) is 2.65. The molecule has 0 bridgehead atoms. The van der Waals surface area contributed by atoms with Gasteiger partial charge in [0.25, 0.3) is 0 Å². The lowest BCUT2D eigenvalue weighted by atomic mass is 10.4. The zero-order valence-corrected chi connectivity index (χ0v) is 5.78. The zero-order valence-electron chi connectivity index (χ0n) is 3.63. The first kappa shape index (κ1) is 8.19. The van der Waals surface area contributed by atoms with Crippen LogP contribution in [0.3, 0.4) is 0 Å². The highest BCUT2D eigenvalue weighted by molar-refractivity contribution is 14.1. The van der Waals surface area contributed by atoms with E-state index in [1.54, 1.807) is 0 Å². The van der Waals surface area contributed by atoms with Crippen LogP contribution in [0, 0.1) is 0 Å². The summed E-state index contributed by atoms with van der Waals surface area (Å²) in [6.45, 7) is 0. The molecule has 0 aliphatic heterocycles. The minimum Gasteiger partial charge on any atom is -0.254 e. The van der Waals surface area contributed by atoms with Crippen LogP contribution in [0.15, 0.2) is 0 Å². The molecule has 0 fully saturated rings. The van der Waals surface area contributed by atoms with Crippen LogP contribution in [0.25, 0.3) is 0 Å². The summed E-state index contributed by atoms with van der Waals surface area (Å²) in [5.41, 5.74) is 0. The van der Waals surface area contributed by atoms with Crippen LogP contribution >= 0.6 is 22.6 Å². The molecule has 0 amide bonds. The SMILES string of the molecule is O=C(F)C(F)(F)CI. The summed E-state index contributed by atoms with van der Waals surface area (Å²) in [6, 6.07) is -2.56. The van der Waals surface area contributed by atoms with Crippen molar-refractivity contribution in [2.45, 2.75) is 5.92 Å². The Hall–Kier alpha value is 0.190. The van der Waals surface area contributed by atoms with Gasteiger partial charge in [-0.25, -0.2) is 0 Å². The van der Waals surface area contributed by atoms with Crippen molar-refractivity contribution in [2.24, 2.45) is 0 Å². The monoisotopic (exact) mass is 238 g/mol. The highest BCUT2D eigenvalue weighted by atomic mass is 127. The molecular formula is C3H2F3IO. The van der Waals surface area contributed by atoms with Gasteiger partial charge in [0, 0.05) is 0 Å². The third-order valence-corrected chi connectivity index (χ3v) is 1.41. The van der Waals surface area contributed by atoms with Crippen LogP contribution in [-0.4, -0.2) is 16.4 Å². The van der Waals surface area contributed by atoms with Crippen LogP contribution < -0.4 is 0 Å². The van der Waals surface area contributed by atoms with Gasteiger partial charge in [0.15, 0.2) is 0 Å². The molecule has 0 aliphatic carbocycles. The molecule has 0 aliphatic rings. The van der Waals surface area contributed by atoms with Gasteiger partial charge in [-0.3, -0.25) is 4.79 Å². The minimum absolute atomic E-state index is 0.805. The van der Waals surface area contributed by atoms with Crippen LogP contribution in [0.1, 0.15) is 0 Å². The van der Waals surface area contributed by atoms with E-state index in [9.17, 15) is 18.0 Å². The van der Waals surface area contributed by atoms with E-state index in [4.69, 9.17) is 0 Å². The first-order valence-electron chi connectivity index (χ1n) is 1.64. The zero-order chi connectivity index (χ0) is 6.78. The van der Waals surface area contributed by atoms with Gasteiger partial charge >= 0.3 is 12.0 Å². The first-order valence-corrected chi connectivity index (χ1v) is 3.17. The maximum absolute atomic E-state index is 11.5. The van der Waals surface area contributed by atoms with Gasteiger partial charge in [-0.15, -0.1) is 0 Å². The third-order valence-electron chi connectivity index (χ3n) is 0.455. The van der Waals surface area contributed by atoms with Crippen molar-refractivity contribution in [3.8, 4) is 0 Å². The molecule has 0 aromatic carbocycles. The Morgan fingerprint density at radius 1 is 1.62 bits per heavy atom. The van der Waals surface area contributed by atoms with E-state index in [1.807, 2.05) is 0 Å². The molecule has 0 unspecified atom stereocenters. The Labute approximate surface area is 57.4 Å². The van der Waals surface area contributed by atoms with Crippen LogP contribution in [0.2, 0.25) is 0 Å². The average molecular weight is 238 g/mol. The third kappa shape index (κ3) is 1.97. The van der Waals surface area contributed by atoms with Gasteiger partial charge in [-0.2, -0.15) is 13.2 Å². The molecule has 0 saturated carbocycles. The summed E-state index contributed by atoms with van der Waals surface area (Å²) in [4.78, 5) is 9.28. The molecule has 0 atom stereocenters. The molecule has 0 radical (unpaired) electrons. The molecule has 0 spiro atoms. The fourth-order valence-electron chi connectivity index (χ4n) is 0.0525. The van der Waals surface area contributed by atoms with E-state index in [2.05, 4.69) is 0 Å².